The first-order chi connectivity index (χ1) is 3.66. The van der Waals surface area contributed by atoms with Crippen molar-refractivity contribution in [3.63, 3.8) is 0 Å². The molecule has 0 aromatic heterocycles. The molecule has 1 N–H and O–H groups in total. The standard InChI is InChI=1S/C4H11BNOP/c1-2-3(7)6-4(5)8/h4H,2,5,8H2,1H3,(H,6,7). The van der Waals surface area contributed by atoms with Crippen LogP contribution in [0.25, 0.3) is 0 Å². The van der Waals surface area contributed by atoms with Crippen LogP contribution in [-0.2, 0) is 4.79 Å². The van der Waals surface area contributed by atoms with E-state index in [1.54, 1.807) is 0 Å². The van der Waals surface area contributed by atoms with Crippen molar-refractivity contribution in [1.29, 1.82) is 0 Å². The third kappa shape index (κ3) is 4.13. The molecule has 2 nitrogen and oxygen atoms in total. The van der Waals surface area contributed by atoms with Gasteiger partial charge in [-0.1, -0.05) is 6.92 Å². The summed E-state index contributed by atoms with van der Waals surface area (Å²) in [6.45, 7) is 1.84. The molecule has 2 atom stereocenters. The highest BCUT2D eigenvalue weighted by Crippen LogP contribution is 1.87. The van der Waals surface area contributed by atoms with Gasteiger partial charge in [0.1, 0.15) is 7.85 Å². The highest BCUT2D eigenvalue weighted by Gasteiger charge is 1.96. The van der Waals surface area contributed by atoms with Crippen LogP contribution >= 0.6 is 9.24 Å². The highest BCUT2D eigenvalue weighted by molar-refractivity contribution is 7.20. The summed E-state index contributed by atoms with van der Waals surface area (Å²) in [6, 6.07) is 0. The highest BCUT2D eigenvalue weighted by atomic mass is 31.0. The van der Waals surface area contributed by atoms with Gasteiger partial charge in [-0.15, -0.1) is 9.24 Å². The molecule has 0 aromatic carbocycles. The van der Waals surface area contributed by atoms with Crippen molar-refractivity contribution in [2.45, 2.75) is 19.0 Å². The van der Waals surface area contributed by atoms with Crippen molar-refractivity contribution in [2.75, 3.05) is 0 Å². The first-order valence-electron chi connectivity index (χ1n) is 2.71. The molecule has 0 aliphatic heterocycles. The van der Waals surface area contributed by atoms with Crippen LogP contribution in [0, 0.1) is 0 Å². The lowest BCUT2D eigenvalue weighted by Crippen LogP contribution is -2.29. The van der Waals surface area contributed by atoms with Crippen LogP contribution < -0.4 is 5.32 Å². The lowest BCUT2D eigenvalue weighted by atomic mass is 10.1. The summed E-state index contributed by atoms with van der Waals surface area (Å²) in [5, 5.41) is 2.72. The minimum absolute atomic E-state index is 0.104. The Hall–Kier alpha value is -0.0351. The van der Waals surface area contributed by atoms with E-state index in [0.29, 0.717) is 6.42 Å². The lowest BCUT2D eigenvalue weighted by Gasteiger charge is -2.04. The maximum Gasteiger partial charge on any atom is 0.219 e. The van der Waals surface area contributed by atoms with Gasteiger partial charge in [0, 0.05) is 12.1 Å². The average molecular weight is 131 g/mol. The average Bonchev–Trinajstić information content (AvgIpc) is 1.65. The molecular weight excluding hydrogens is 120 g/mol. The van der Waals surface area contributed by atoms with Crippen molar-refractivity contribution >= 4 is 23.0 Å². The van der Waals surface area contributed by atoms with E-state index in [9.17, 15) is 4.79 Å². The van der Waals surface area contributed by atoms with Crippen molar-refractivity contribution < 1.29 is 4.79 Å². The summed E-state index contributed by atoms with van der Waals surface area (Å²) in [7, 11) is 4.41. The largest absolute Gasteiger partial charge is 0.358 e. The summed E-state index contributed by atoms with van der Waals surface area (Å²) in [4.78, 5) is 10.5. The molecule has 46 valence electrons. The fraction of sp³-hybridized carbons (Fsp3) is 0.750. The monoisotopic (exact) mass is 131 g/mol. The van der Waals surface area contributed by atoms with E-state index in [4.69, 9.17) is 0 Å². The van der Waals surface area contributed by atoms with Gasteiger partial charge in [0.15, 0.2) is 0 Å². The Bertz CT molecular complexity index is 86.1. The second-order valence-corrected chi connectivity index (χ2v) is 2.71. The molecule has 0 spiro atoms. The molecule has 0 aliphatic carbocycles. The first-order valence-corrected chi connectivity index (χ1v) is 3.38. The lowest BCUT2D eigenvalue weighted by molar-refractivity contribution is -0.120. The van der Waals surface area contributed by atoms with E-state index in [1.165, 1.54) is 0 Å². The van der Waals surface area contributed by atoms with Gasteiger partial charge in [-0.05, 0) is 0 Å². The number of carbonyl (C=O) groups is 1. The van der Waals surface area contributed by atoms with Gasteiger partial charge in [-0.25, -0.2) is 0 Å². The normalized spacial score (nSPS) is 12.8. The van der Waals surface area contributed by atoms with Gasteiger partial charge >= 0.3 is 0 Å². The number of rotatable bonds is 2. The molecule has 1 amide bonds. The zero-order chi connectivity index (χ0) is 6.57. The summed E-state index contributed by atoms with van der Waals surface area (Å²) in [6.07, 6.45) is 0.568. The Morgan fingerprint density at radius 1 is 2.00 bits per heavy atom. The summed E-state index contributed by atoms with van der Waals surface area (Å²) < 4.78 is 0. The first kappa shape index (κ1) is 7.96. The third-order valence-electron chi connectivity index (χ3n) is 0.710. The topological polar surface area (TPSA) is 29.1 Å². The van der Waals surface area contributed by atoms with Gasteiger partial charge in [-0.2, -0.15) is 0 Å². The van der Waals surface area contributed by atoms with Crippen LogP contribution in [-0.4, -0.2) is 19.4 Å². The van der Waals surface area contributed by atoms with Gasteiger partial charge in [0.05, 0.1) is 0 Å². The number of hydrogen-bond donors (Lipinski definition) is 1. The zero-order valence-corrected chi connectivity index (χ0v) is 6.42. The molecule has 4 heteroatoms. The quantitative estimate of drug-likeness (QED) is 0.389. The summed E-state index contributed by atoms with van der Waals surface area (Å²) in [5.41, 5.74) is 0.197. The molecule has 0 saturated heterocycles. The smallest absolute Gasteiger partial charge is 0.219 e. The van der Waals surface area contributed by atoms with Crippen LogP contribution in [0.3, 0.4) is 0 Å². The van der Waals surface area contributed by atoms with E-state index in [0.717, 1.165) is 0 Å². The van der Waals surface area contributed by atoms with Crippen LogP contribution in [0.4, 0.5) is 0 Å². The SMILES string of the molecule is BC(P)NC(=O)CC. The molecule has 0 saturated carbocycles. The van der Waals surface area contributed by atoms with Gasteiger partial charge in [0.2, 0.25) is 5.91 Å². The van der Waals surface area contributed by atoms with Crippen LogP contribution in [0.5, 0.6) is 0 Å². The summed E-state index contributed by atoms with van der Waals surface area (Å²) in [5.74, 6) is 0.104. The molecule has 0 heterocycles. The zero-order valence-electron chi connectivity index (χ0n) is 5.27. The molecule has 0 aliphatic rings. The van der Waals surface area contributed by atoms with E-state index >= 15 is 0 Å². The second kappa shape index (κ2) is 3.91. The molecule has 0 radical (unpaired) electrons. The molecule has 0 bridgehead atoms. The van der Waals surface area contributed by atoms with Crippen LogP contribution in [0.1, 0.15) is 13.3 Å². The molecule has 0 aromatic rings. The Kier molecular flexibility index (Phi) is 3.89. The third-order valence-corrected chi connectivity index (χ3v) is 0.876. The van der Waals surface area contributed by atoms with Gasteiger partial charge in [-0.3, -0.25) is 4.79 Å². The molecule has 0 rings (SSSR count). The molecule has 8 heavy (non-hydrogen) atoms. The minimum Gasteiger partial charge on any atom is -0.358 e. The number of amides is 1. The summed E-state index contributed by atoms with van der Waals surface area (Å²) >= 11 is 0. The molecular formula is C4H11BNOP. The number of hydrogen-bond acceptors (Lipinski definition) is 1. The van der Waals surface area contributed by atoms with Crippen LogP contribution in [0.2, 0.25) is 0 Å². The van der Waals surface area contributed by atoms with Gasteiger partial charge in [0.25, 0.3) is 0 Å². The number of nitrogens with one attached hydrogen (secondary N) is 1. The van der Waals surface area contributed by atoms with E-state index in [2.05, 4.69) is 14.6 Å². The number of carbonyl (C=O) groups excluding carboxylic acids is 1. The Balaban J connectivity index is 3.25. The Morgan fingerprint density at radius 2 is 2.50 bits per heavy atom. The fourth-order valence-electron chi connectivity index (χ4n) is 0.356. The van der Waals surface area contributed by atoms with Crippen molar-refractivity contribution in [2.24, 2.45) is 0 Å². The van der Waals surface area contributed by atoms with Crippen LogP contribution in [0.15, 0.2) is 0 Å². The molecule has 2 unspecified atom stereocenters. The predicted octanol–water partition coefficient (Wildman–Crippen LogP) is -0.696. The second-order valence-electron chi connectivity index (χ2n) is 1.71. The maximum atomic E-state index is 10.5. The van der Waals surface area contributed by atoms with Crippen molar-refractivity contribution in [1.82, 2.24) is 5.32 Å². The Morgan fingerprint density at radius 3 is 2.62 bits per heavy atom. The molecule has 0 fully saturated rings. The van der Waals surface area contributed by atoms with E-state index in [-0.39, 0.29) is 11.6 Å². The van der Waals surface area contributed by atoms with Crippen molar-refractivity contribution in [3.05, 3.63) is 0 Å². The Labute approximate surface area is 53.0 Å². The van der Waals surface area contributed by atoms with E-state index in [1.807, 2.05) is 14.8 Å². The minimum atomic E-state index is 0.104. The maximum absolute atomic E-state index is 10.5. The van der Waals surface area contributed by atoms with Gasteiger partial charge < -0.3 is 5.32 Å². The predicted molar refractivity (Wildman–Crippen MR) is 40.5 cm³/mol. The van der Waals surface area contributed by atoms with E-state index < -0.39 is 0 Å². The fourth-order valence-corrected chi connectivity index (χ4v) is 0.542. The van der Waals surface area contributed by atoms with Crippen molar-refractivity contribution in [3.8, 4) is 0 Å².